The summed E-state index contributed by atoms with van der Waals surface area (Å²) in [5, 5.41) is 21.8. The first-order valence-corrected chi connectivity index (χ1v) is 20.0. The Morgan fingerprint density at radius 1 is 0.824 bits per heavy atom. The molecule has 4 atom stereocenters. The third-order valence-electron chi connectivity index (χ3n) is 9.18. The molecule has 5 rings (SSSR count). The summed E-state index contributed by atoms with van der Waals surface area (Å²) in [5.41, 5.74) is 6.30. The quantitative estimate of drug-likeness (QED) is 0.126. The number of nitrogens with one attached hydrogen (secondary N) is 3. The van der Waals surface area contributed by atoms with Crippen LogP contribution in [0.4, 0.5) is 5.69 Å². The molecule has 0 aliphatic carbocycles. The number of carbonyl (C=O) groups excluding carboxylic acids is 6. The summed E-state index contributed by atoms with van der Waals surface area (Å²) in [6, 6.07) is 5.40. The number of anilines is 1. The average Bonchev–Trinajstić information content (AvgIpc) is 3.57. The number of nitrogens with zero attached hydrogens (tertiary/aromatic N) is 5. The van der Waals surface area contributed by atoms with E-state index in [-0.39, 0.29) is 37.6 Å². The minimum absolute atomic E-state index is 0.00698. The van der Waals surface area contributed by atoms with Gasteiger partial charge in [-0.1, -0.05) is 0 Å². The van der Waals surface area contributed by atoms with Crippen LogP contribution in [-0.2, 0) is 34.6 Å². The smallest absolute Gasteiger partial charge is 0.426 e. The van der Waals surface area contributed by atoms with Crippen LogP contribution in [0.5, 0.6) is 0 Å². The number of amides is 3. The first-order chi connectivity index (χ1) is 24.4. The molecule has 0 aromatic heterocycles. The minimum atomic E-state index is -3.95. The largest absolute Gasteiger partial charge is 0.475 e. The van der Waals surface area contributed by atoms with Crippen molar-refractivity contribution in [3.8, 4) is 0 Å². The summed E-state index contributed by atoms with van der Waals surface area (Å²) in [6.07, 6.45) is 1.12. The van der Waals surface area contributed by atoms with Crippen molar-refractivity contribution in [1.29, 1.82) is 0 Å². The zero-order valence-corrected chi connectivity index (χ0v) is 31.0. The van der Waals surface area contributed by atoms with E-state index in [2.05, 4.69) is 16.2 Å². The van der Waals surface area contributed by atoms with E-state index in [1.807, 2.05) is 19.6 Å². The summed E-state index contributed by atoms with van der Waals surface area (Å²) in [6.45, 7) is 5.40. The fraction of sp³-hybridized carbons (Fsp3) is 0.600. The average molecular weight is 773 g/mol. The Balaban J connectivity index is 1.15. The normalized spacial score (nSPS) is 25.5. The summed E-state index contributed by atoms with van der Waals surface area (Å²) in [4.78, 5) is 85.7. The van der Waals surface area contributed by atoms with Crippen molar-refractivity contribution in [2.45, 2.75) is 31.7 Å². The Kier molecular flexibility index (Phi) is 13.7. The van der Waals surface area contributed by atoms with Crippen LogP contribution in [0.3, 0.4) is 0 Å². The predicted molar refractivity (Wildman–Crippen MR) is 180 cm³/mol. The molecule has 5 N–H and O–H groups in total. The van der Waals surface area contributed by atoms with Gasteiger partial charge >= 0.3 is 193 Å². The van der Waals surface area contributed by atoms with Crippen molar-refractivity contribution in [2.24, 2.45) is 0 Å². The van der Waals surface area contributed by atoms with Crippen molar-refractivity contribution in [3.63, 3.8) is 0 Å². The zero-order chi connectivity index (χ0) is 36.5. The molecule has 4 aliphatic rings. The van der Waals surface area contributed by atoms with E-state index in [1.165, 1.54) is 17.0 Å². The number of fused-ring (bicyclic) bond motifs is 7. The Morgan fingerprint density at radius 2 is 1.33 bits per heavy atom. The third kappa shape index (κ3) is 11.4. The van der Waals surface area contributed by atoms with E-state index < -0.39 is 66.1 Å². The van der Waals surface area contributed by atoms with Crippen molar-refractivity contribution in [3.05, 3.63) is 29.8 Å². The van der Waals surface area contributed by atoms with Gasteiger partial charge in [-0.25, -0.2) is 0 Å². The monoisotopic (exact) mass is 772 g/mol. The molecule has 4 bridgehead atoms. The third-order valence-corrected chi connectivity index (χ3v) is 12.0. The van der Waals surface area contributed by atoms with Crippen LogP contribution >= 0.6 is 0 Å². The maximum absolute atomic E-state index is 13.1. The maximum atomic E-state index is 13.1. The molecule has 51 heavy (non-hydrogen) atoms. The fourth-order valence-electron chi connectivity index (χ4n) is 6.32. The Bertz CT molecular complexity index is 1410. The molecule has 0 spiro atoms. The molecule has 3 amide bonds. The Morgan fingerprint density at radius 3 is 1.84 bits per heavy atom. The van der Waals surface area contributed by atoms with Crippen LogP contribution in [0, 0.1) is 0 Å². The number of hydrogen-bond acceptors (Lipinski definition) is 16. The molecule has 276 valence electrons. The summed E-state index contributed by atoms with van der Waals surface area (Å²) in [5.74, 6) is -3.79. The molecule has 1 aromatic rings. The maximum Gasteiger partial charge on any atom is 0.475 e. The molecule has 1 aromatic carbocycles. The van der Waals surface area contributed by atoms with Gasteiger partial charge in [-0.15, -0.1) is 0 Å². The van der Waals surface area contributed by atoms with Gasteiger partial charge in [0.25, 0.3) is 5.91 Å². The van der Waals surface area contributed by atoms with Crippen molar-refractivity contribution in [2.75, 3.05) is 90.5 Å². The molecule has 4 aliphatic heterocycles. The molecule has 21 heteroatoms. The minimum Gasteiger partial charge on any atom is -0.426 e. The van der Waals surface area contributed by atoms with Gasteiger partial charge in [0.2, 0.25) is 5.91 Å². The van der Waals surface area contributed by atoms with Gasteiger partial charge in [-0.2, -0.15) is 0 Å². The Labute approximate surface area is 301 Å². The number of carbonyl (C=O) groups is 6. The van der Waals surface area contributed by atoms with Crippen molar-refractivity contribution < 1.29 is 49.4 Å². The molecular weight excluding hydrogens is 729 g/mol. The second-order valence-corrected chi connectivity index (χ2v) is 15.7. The summed E-state index contributed by atoms with van der Waals surface area (Å²) >= 11 is -3.95. The van der Waals surface area contributed by atoms with Crippen LogP contribution in [0.2, 0.25) is 0 Å². The van der Waals surface area contributed by atoms with E-state index in [4.69, 9.17) is 10.6 Å². The summed E-state index contributed by atoms with van der Waals surface area (Å²) in [7, 11) is -1.65. The number of benzene rings is 1. The zero-order valence-electron chi connectivity index (χ0n) is 28.5. The first kappa shape index (κ1) is 38.5. The standard InChI is InChI=1S/C30H47BN8O11.Ga/c1-21(30(48)39-8-2-3-24(39)31(49)50)32-29(47)22-4-6-23(7-5-22)33-34-25(40)17-35-9-11-36(18-26(41)42)13-15-38(20-28(45)46)16-14-37(12-10-35)19-27(43)44;/h4-7,21,24,33,49-50H,2-3,8-20H2,1H3,(H,32,47)(H,34,40)(H,41,42)(H,43,44)(H,45,46);/q;+3/p-3/t21-,24+;/m1./s1. The van der Waals surface area contributed by atoms with Gasteiger partial charge in [0.05, 0.1) is 5.94 Å². The molecular formula is C30H44BGaN8O11. The topological polar surface area (TPSA) is 223 Å². The van der Waals surface area contributed by atoms with Crippen molar-refractivity contribution in [1.82, 2.24) is 35.2 Å². The van der Waals surface area contributed by atoms with E-state index in [9.17, 15) is 38.8 Å². The molecule has 4 fully saturated rings. The molecule has 0 saturated carbocycles. The van der Waals surface area contributed by atoms with E-state index in [0.717, 1.165) is 0 Å². The van der Waals surface area contributed by atoms with Crippen LogP contribution in [0.25, 0.3) is 0 Å². The van der Waals surface area contributed by atoms with Crippen LogP contribution < -0.4 is 16.2 Å². The van der Waals surface area contributed by atoms with E-state index >= 15 is 0 Å². The van der Waals surface area contributed by atoms with E-state index in [0.29, 0.717) is 77.4 Å². The van der Waals surface area contributed by atoms with Gasteiger partial charge in [-0.05, 0) is 44.0 Å². The van der Waals surface area contributed by atoms with Crippen LogP contribution in [0.1, 0.15) is 30.1 Å². The van der Waals surface area contributed by atoms with Gasteiger partial charge in [0.1, 0.15) is 6.04 Å². The van der Waals surface area contributed by atoms with Gasteiger partial charge in [-0.3, -0.25) is 9.59 Å². The van der Waals surface area contributed by atoms with Gasteiger partial charge < -0.3 is 20.3 Å². The van der Waals surface area contributed by atoms with Gasteiger partial charge in [0.15, 0.2) is 0 Å². The molecule has 19 nitrogen and oxygen atoms in total. The van der Waals surface area contributed by atoms with E-state index in [1.54, 1.807) is 19.1 Å². The number of hydrogen-bond donors (Lipinski definition) is 5. The predicted octanol–water partition coefficient (Wildman–Crippen LogP) is -3.89. The van der Waals surface area contributed by atoms with Crippen molar-refractivity contribution >= 4 is 65.7 Å². The molecule has 4 heterocycles. The number of hydrazine groups is 1. The second-order valence-electron chi connectivity index (χ2n) is 13.0. The Hall–Kier alpha value is -3.70. The van der Waals surface area contributed by atoms with Crippen LogP contribution in [-0.4, -0.2) is 192 Å². The molecule has 2 unspecified atom stereocenters. The van der Waals surface area contributed by atoms with Crippen LogP contribution in [0.15, 0.2) is 24.3 Å². The number of rotatable bonds is 8. The SMILES string of the molecule is C[C@@H](NC(=O)c1ccc(NNC(=O)CN2CCN3CCN4CCN(CC2)CC(=O)[O][Ga]([O]C(=O)C3)[O]C(=O)C4)cc1)C(=O)N1CCC[C@H]1B(O)O. The molecule has 0 radical (unpaired) electrons. The first-order valence-electron chi connectivity index (χ1n) is 17.0. The second kappa shape index (κ2) is 18.2. The van der Waals surface area contributed by atoms with Gasteiger partial charge in [0, 0.05) is 12.1 Å². The fourth-order valence-corrected chi connectivity index (χ4v) is 8.44. The number of likely N-dealkylation sites (tertiary alicyclic amines) is 1. The molecule has 4 saturated heterocycles. The summed E-state index contributed by atoms with van der Waals surface area (Å²) < 4.78 is 16.1.